The van der Waals surface area contributed by atoms with Crippen molar-refractivity contribution >= 4 is 34.0 Å². The van der Waals surface area contributed by atoms with Crippen molar-refractivity contribution in [1.82, 2.24) is 4.98 Å². The van der Waals surface area contributed by atoms with Crippen LogP contribution in [0.4, 0.5) is 11.4 Å². The molecular formula is C37H45N3O2. The van der Waals surface area contributed by atoms with Crippen molar-refractivity contribution in [1.29, 1.82) is 0 Å². The number of anilines is 2. The number of aromatic nitrogens is 1. The van der Waals surface area contributed by atoms with Crippen molar-refractivity contribution in [3.05, 3.63) is 48.5 Å². The van der Waals surface area contributed by atoms with Gasteiger partial charge in [-0.25, -0.2) is 0 Å². The van der Waals surface area contributed by atoms with Gasteiger partial charge in [0.05, 0.1) is 12.0 Å². The molecule has 220 valence electrons. The topological polar surface area (TPSA) is 74.0 Å². The first-order valence-corrected chi connectivity index (χ1v) is 16.7. The summed E-state index contributed by atoms with van der Waals surface area (Å²) >= 11 is 0. The molecule has 0 radical (unpaired) electrons. The predicted octanol–water partition coefficient (Wildman–Crippen LogP) is 8.58. The van der Waals surface area contributed by atoms with Gasteiger partial charge in [0, 0.05) is 33.4 Å². The quantitative estimate of drug-likeness (QED) is 0.270. The second-order valence-corrected chi connectivity index (χ2v) is 15.3. The summed E-state index contributed by atoms with van der Waals surface area (Å²) in [6.07, 6.45) is 14.3. The van der Waals surface area contributed by atoms with Gasteiger partial charge in [-0.2, -0.15) is 0 Å². The Hall–Kier alpha value is -3.08. The average Bonchev–Trinajstić information content (AvgIpc) is 3.39. The lowest BCUT2D eigenvalue weighted by Crippen LogP contribution is -2.51. The molecule has 9 rings (SSSR count). The Balaban J connectivity index is 0.925. The molecule has 1 heterocycles. The Morgan fingerprint density at radius 2 is 1.50 bits per heavy atom. The molecule has 6 saturated carbocycles. The van der Waals surface area contributed by atoms with Crippen LogP contribution in [0.2, 0.25) is 0 Å². The molecule has 5 heteroatoms. The van der Waals surface area contributed by atoms with Gasteiger partial charge >= 0.3 is 0 Å². The molecule has 3 unspecified atom stereocenters. The lowest BCUT2D eigenvalue weighted by molar-refractivity contribution is -0.140. The van der Waals surface area contributed by atoms with E-state index in [9.17, 15) is 9.59 Å². The van der Waals surface area contributed by atoms with Crippen LogP contribution in [0.15, 0.2) is 48.5 Å². The monoisotopic (exact) mass is 563 g/mol. The van der Waals surface area contributed by atoms with Crippen molar-refractivity contribution in [3.8, 4) is 11.3 Å². The number of Topliss-reactive ketones (excluding diaryl/α,β-unsaturated/α-hetero) is 1. The van der Waals surface area contributed by atoms with Gasteiger partial charge in [-0.05, 0) is 130 Å². The number of H-pyrrole nitrogens is 1. The Morgan fingerprint density at radius 3 is 2.24 bits per heavy atom. The minimum absolute atomic E-state index is 0.0918. The number of amides is 1. The number of carbonyl (C=O) groups is 2. The molecule has 6 fully saturated rings. The fourth-order valence-corrected chi connectivity index (χ4v) is 10.7. The summed E-state index contributed by atoms with van der Waals surface area (Å²) in [7, 11) is 0. The molecule has 3 atom stereocenters. The van der Waals surface area contributed by atoms with E-state index in [0.717, 1.165) is 95.7 Å². The summed E-state index contributed by atoms with van der Waals surface area (Å²) in [5.41, 5.74) is 4.84. The maximum absolute atomic E-state index is 13.6. The van der Waals surface area contributed by atoms with E-state index in [1.165, 1.54) is 38.5 Å². The number of fused-ring (bicyclic) bond motifs is 3. The number of carbonyl (C=O) groups excluding carboxylic acids is 2. The first-order valence-electron chi connectivity index (χ1n) is 16.7. The van der Waals surface area contributed by atoms with Crippen LogP contribution >= 0.6 is 0 Å². The molecule has 3 aromatic rings. The zero-order valence-corrected chi connectivity index (χ0v) is 25.0. The number of nitrogens with one attached hydrogen (secondary N) is 3. The van der Waals surface area contributed by atoms with Crippen molar-refractivity contribution < 1.29 is 9.59 Å². The lowest BCUT2D eigenvalue weighted by atomic mass is 9.49. The van der Waals surface area contributed by atoms with Gasteiger partial charge in [-0.3, -0.25) is 9.59 Å². The Labute approximate surface area is 249 Å². The number of benzene rings is 2. The van der Waals surface area contributed by atoms with Crippen LogP contribution in [-0.4, -0.2) is 23.2 Å². The number of hydrogen-bond acceptors (Lipinski definition) is 3. The van der Waals surface area contributed by atoms with Crippen LogP contribution in [0.3, 0.4) is 0 Å². The van der Waals surface area contributed by atoms with E-state index in [-0.39, 0.29) is 16.7 Å². The van der Waals surface area contributed by atoms with Gasteiger partial charge in [-0.1, -0.05) is 38.0 Å². The van der Waals surface area contributed by atoms with Crippen LogP contribution < -0.4 is 10.6 Å². The number of aromatic amines is 1. The molecule has 6 aliphatic carbocycles. The minimum atomic E-state index is -0.141. The van der Waals surface area contributed by atoms with E-state index < -0.39 is 0 Å². The van der Waals surface area contributed by atoms with E-state index in [1.54, 1.807) is 0 Å². The Morgan fingerprint density at radius 1 is 0.810 bits per heavy atom. The van der Waals surface area contributed by atoms with Crippen molar-refractivity contribution in [2.24, 2.45) is 40.4 Å². The molecule has 6 bridgehead atoms. The number of hydrogen-bond donors (Lipinski definition) is 3. The fourth-order valence-electron chi connectivity index (χ4n) is 10.7. The van der Waals surface area contributed by atoms with E-state index in [2.05, 4.69) is 65.0 Å². The second kappa shape index (κ2) is 9.99. The van der Waals surface area contributed by atoms with Crippen LogP contribution in [0.25, 0.3) is 22.2 Å². The predicted molar refractivity (Wildman–Crippen MR) is 169 cm³/mol. The molecule has 0 aliphatic heterocycles. The maximum atomic E-state index is 13.6. The van der Waals surface area contributed by atoms with Gasteiger partial charge in [0.1, 0.15) is 0 Å². The maximum Gasteiger partial charge on any atom is 0.230 e. The molecule has 1 amide bonds. The summed E-state index contributed by atoms with van der Waals surface area (Å²) in [5.74, 6) is 4.35. The van der Waals surface area contributed by atoms with E-state index in [4.69, 9.17) is 0 Å². The van der Waals surface area contributed by atoms with Gasteiger partial charge in [0.2, 0.25) is 5.91 Å². The zero-order valence-electron chi connectivity index (χ0n) is 25.0. The van der Waals surface area contributed by atoms with E-state index in [0.29, 0.717) is 18.2 Å². The summed E-state index contributed by atoms with van der Waals surface area (Å²) in [6.45, 7) is 2.75. The Bertz CT molecular complexity index is 1480. The van der Waals surface area contributed by atoms with Crippen molar-refractivity contribution in [3.63, 3.8) is 0 Å². The second-order valence-electron chi connectivity index (χ2n) is 15.3. The van der Waals surface area contributed by atoms with Gasteiger partial charge in [0.15, 0.2) is 5.78 Å². The lowest BCUT2D eigenvalue weighted by Gasteiger charge is -2.55. The van der Waals surface area contributed by atoms with Crippen LogP contribution in [0.5, 0.6) is 0 Å². The number of rotatable bonds is 7. The van der Waals surface area contributed by atoms with Gasteiger partial charge in [0.25, 0.3) is 0 Å². The highest BCUT2D eigenvalue weighted by Gasteiger charge is 2.54. The molecule has 6 aliphatic rings. The first-order chi connectivity index (χ1) is 20.3. The average molecular weight is 564 g/mol. The molecular weight excluding hydrogens is 518 g/mol. The minimum Gasteiger partial charge on any atom is -0.378 e. The van der Waals surface area contributed by atoms with Crippen molar-refractivity contribution in [2.45, 2.75) is 84.0 Å². The summed E-state index contributed by atoms with van der Waals surface area (Å²) in [4.78, 5) is 30.5. The standard InChI is InChI=1S/C37H45N3O2/c1-23-11-24-3-2-10-36(17-23,18-24)34(41)22-38-30-7-4-28(5-8-30)32-15-29-6-9-31(16-33(29)40-32)39-35(42)37-19-25-12-26(20-37)14-27(13-25)21-37/h4-9,15-16,23-27,38,40H,2-3,10-14,17-22H2,1H3,(H,39,42). The van der Waals surface area contributed by atoms with Crippen molar-refractivity contribution in [2.75, 3.05) is 17.2 Å². The largest absolute Gasteiger partial charge is 0.378 e. The highest BCUT2D eigenvalue weighted by Crippen LogP contribution is 2.60. The third-order valence-electron chi connectivity index (χ3n) is 12.1. The molecule has 5 nitrogen and oxygen atoms in total. The van der Waals surface area contributed by atoms with Crippen LogP contribution in [0, 0.1) is 40.4 Å². The smallest absolute Gasteiger partial charge is 0.230 e. The first kappa shape index (κ1) is 26.5. The Kier molecular flexibility index (Phi) is 6.31. The molecule has 3 N–H and O–H groups in total. The van der Waals surface area contributed by atoms with Gasteiger partial charge in [-0.15, -0.1) is 0 Å². The normalized spacial score (nSPS) is 34.8. The van der Waals surface area contributed by atoms with E-state index in [1.807, 2.05) is 6.07 Å². The van der Waals surface area contributed by atoms with Crippen LogP contribution in [-0.2, 0) is 9.59 Å². The summed E-state index contributed by atoms with van der Waals surface area (Å²) < 4.78 is 0. The highest BCUT2D eigenvalue weighted by atomic mass is 16.2. The van der Waals surface area contributed by atoms with Crippen LogP contribution in [0.1, 0.15) is 84.0 Å². The highest BCUT2D eigenvalue weighted by molar-refractivity contribution is 5.98. The molecule has 0 saturated heterocycles. The molecule has 2 aromatic carbocycles. The molecule has 0 spiro atoms. The van der Waals surface area contributed by atoms with E-state index >= 15 is 0 Å². The fraction of sp³-hybridized carbons (Fsp3) is 0.568. The van der Waals surface area contributed by atoms with Gasteiger partial charge < -0.3 is 15.6 Å². The third kappa shape index (κ3) is 4.68. The summed E-state index contributed by atoms with van der Waals surface area (Å²) in [5, 5.41) is 7.88. The molecule has 1 aromatic heterocycles. The molecule has 42 heavy (non-hydrogen) atoms. The zero-order chi connectivity index (χ0) is 28.5. The summed E-state index contributed by atoms with van der Waals surface area (Å²) in [6, 6.07) is 16.8. The number of ketones is 1. The SMILES string of the molecule is CC1CC2CCCC(C(=O)CNc3ccc(-c4cc5ccc(NC(=O)C67CC8CC(CC(C8)C6)C7)cc5[nH]4)cc3)(C1)C2. The third-order valence-corrected chi connectivity index (χ3v) is 12.1.